The Hall–Kier alpha value is -1.88. The lowest BCUT2D eigenvalue weighted by Crippen LogP contribution is -1.90. The molecular formula is C12H6F2N2S. The first-order valence-electron chi connectivity index (χ1n) is 4.89. The highest BCUT2D eigenvalue weighted by Crippen LogP contribution is 2.31. The van der Waals surface area contributed by atoms with Crippen LogP contribution >= 0.6 is 11.3 Å². The van der Waals surface area contributed by atoms with Crippen molar-refractivity contribution in [2.24, 2.45) is 0 Å². The third-order valence-electron chi connectivity index (χ3n) is 2.43. The molecule has 0 amide bonds. The molecule has 84 valence electrons. The van der Waals surface area contributed by atoms with Gasteiger partial charge in [0.15, 0.2) is 0 Å². The van der Waals surface area contributed by atoms with E-state index in [-0.39, 0.29) is 5.56 Å². The first-order chi connectivity index (χ1) is 8.25. The summed E-state index contributed by atoms with van der Waals surface area (Å²) in [4.78, 5) is 8.11. The molecule has 0 unspecified atom stereocenters. The average molecular weight is 248 g/mol. The van der Waals surface area contributed by atoms with Crippen molar-refractivity contribution in [2.75, 3.05) is 0 Å². The molecule has 0 N–H and O–H groups in total. The molecule has 1 aromatic carbocycles. The maximum Gasteiger partial charge on any atom is 0.132 e. The highest BCUT2D eigenvalue weighted by atomic mass is 32.1. The van der Waals surface area contributed by atoms with Gasteiger partial charge in [-0.1, -0.05) is 0 Å². The van der Waals surface area contributed by atoms with E-state index in [1.54, 1.807) is 0 Å². The van der Waals surface area contributed by atoms with E-state index in [0.717, 1.165) is 28.4 Å². The number of rotatable bonds is 1. The molecule has 2 aromatic heterocycles. The molecule has 2 heterocycles. The minimum Gasteiger partial charge on any atom is -0.235 e. The van der Waals surface area contributed by atoms with Crippen LogP contribution in [0.2, 0.25) is 0 Å². The largest absolute Gasteiger partial charge is 0.235 e. The van der Waals surface area contributed by atoms with Gasteiger partial charge in [-0.2, -0.15) is 0 Å². The number of hydrogen-bond donors (Lipinski definition) is 0. The standard InChI is InChI=1S/C12H6F2N2S/c13-7-1-2-9(14)8(5-7)11-12-10(3-4-17-12)15-6-16-11/h1-6H. The van der Waals surface area contributed by atoms with Crippen molar-refractivity contribution in [3.05, 3.63) is 47.6 Å². The monoisotopic (exact) mass is 248 g/mol. The van der Waals surface area contributed by atoms with Crippen molar-refractivity contribution in [3.63, 3.8) is 0 Å². The number of nitrogens with zero attached hydrogens (tertiary/aromatic N) is 2. The van der Waals surface area contributed by atoms with Crippen molar-refractivity contribution < 1.29 is 8.78 Å². The van der Waals surface area contributed by atoms with E-state index in [0.29, 0.717) is 5.69 Å². The van der Waals surface area contributed by atoms with Gasteiger partial charge in [0, 0.05) is 5.56 Å². The molecular weight excluding hydrogens is 242 g/mol. The van der Waals surface area contributed by atoms with Gasteiger partial charge >= 0.3 is 0 Å². The number of hydrogen-bond acceptors (Lipinski definition) is 3. The SMILES string of the molecule is Fc1ccc(F)c(-c2ncnc3ccsc23)c1. The topological polar surface area (TPSA) is 25.8 Å². The van der Waals surface area contributed by atoms with Crippen LogP contribution in [0.3, 0.4) is 0 Å². The minimum atomic E-state index is -0.486. The second kappa shape index (κ2) is 3.85. The second-order valence-corrected chi connectivity index (χ2v) is 4.40. The first kappa shape index (κ1) is 10.3. The van der Waals surface area contributed by atoms with Crippen molar-refractivity contribution in [1.29, 1.82) is 0 Å². The molecule has 0 aliphatic rings. The van der Waals surface area contributed by atoms with Crippen LogP contribution < -0.4 is 0 Å². The van der Waals surface area contributed by atoms with Crippen LogP contribution in [0, 0.1) is 11.6 Å². The van der Waals surface area contributed by atoms with Crippen LogP contribution in [0.25, 0.3) is 21.5 Å². The molecule has 0 fully saturated rings. The number of aromatic nitrogens is 2. The third-order valence-corrected chi connectivity index (χ3v) is 3.34. The molecule has 0 saturated carbocycles. The lowest BCUT2D eigenvalue weighted by molar-refractivity contribution is 0.603. The van der Waals surface area contributed by atoms with E-state index in [9.17, 15) is 8.78 Å². The summed E-state index contributed by atoms with van der Waals surface area (Å²) in [5.74, 6) is -0.968. The zero-order valence-corrected chi connectivity index (χ0v) is 9.34. The molecule has 0 radical (unpaired) electrons. The molecule has 0 bridgehead atoms. The molecule has 5 heteroatoms. The van der Waals surface area contributed by atoms with Crippen LogP contribution in [0.5, 0.6) is 0 Å². The van der Waals surface area contributed by atoms with Crippen LogP contribution in [-0.2, 0) is 0 Å². The Labute approximate surface area is 99.6 Å². The van der Waals surface area contributed by atoms with E-state index in [1.165, 1.54) is 17.7 Å². The van der Waals surface area contributed by atoms with E-state index in [4.69, 9.17) is 0 Å². The van der Waals surface area contributed by atoms with E-state index in [2.05, 4.69) is 9.97 Å². The highest BCUT2D eigenvalue weighted by molar-refractivity contribution is 7.17. The summed E-state index contributed by atoms with van der Waals surface area (Å²) in [5.41, 5.74) is 1.34. The number of fused-ring (bicyclic) bond motifs is 1. The molecule has 0 saturated heterocycles. The summed E-state index contributed by atoms with van der Waals surface area (Å²) >= 11 is 1.41. The zero-order chi connectivity index (χ0) is 11.8. The van der Waals surface area contributed by atoms with E-state index < -0.39 is 11.6 Å². The summed E-state index contributed by atoms with van der Waals surface area (Å²) < 4.78 is 27.6. The normalized spacial score (nSPS) is 10.9. The van der Waals surface area contributed by atoms with Gasteiger partial charge in [0.1, 0.15) is 18.0 Å². The molecule has 2 nitrogen and oxygen atoms in total. The van der Waals surface area contributed by atoms with E-state index >= 15 is 0 Å². The van der Waals surface area contributed by atoms with Gasteiger partial charge < -0.3 is 0 Å². The predicted octanol–water partition coefficient (Wildman–Crippen LogP) is 3.64. The van der Waals surface area contributed by atoms with Crippen molar-refractivity contribution in [1.82, 2.24) is 9.97 Å². The predicted molar refractivity (Wildman–Crippen MR) is 62.8 cm³/mol. The average Bonchev–Trinajstić information content (AvgIpc) is 2.80. The van der Waals surface area contributed by atoms with Crippen molar-refractivity contribution in [3.8, 4) is 11.3 Å². The van der Waals surface area contributed by atoms with Crippen LogP contribution in [0.1, 0.15) is 0 Å². The lowest BCUT2D eigenvalue weighted by atomic mass is 10.1. The Morgan fingerprint density at radius 3 is 2.82 bits per heavy atom. The molecule has 17 heavy (non-hydrogen) atoms. The lowest BCUT2D eigenvalue weighted by Gasteiger charge is -2.03. The fourth-order valence-corrected chi connectivity index (χ4v) is 2.51. The van der Waals surface area contributed by atoms with Gasteiger partial charge in [-0.15, -0.1) is 11.3 Å². The molecule has 3 rings (SSSR count). The summed E-state index contributed by atoms with van der Waals surface area (Å²) in [7, 11) is 0. The van der Waals surface area contributed by atoms with Gasteiger partial charge in [0.25, 0.3) is 0 Å². The van der Waals surface area contributed by atoms with Crippen molar-refractivity contribution >= 4 is 21.6 Å². The maximum atomic E-state index is 13.7. The molecule has 0 aliphatic carbocycles. The highest BCUT2D eigenvalue weighted by Gasteiger charge is 2.12. The van der Waals surface area contributed by atoms with Crippen molar-refractivity contribution in [2.45, 2.75) is 0 Å². The Morgan fingerprint density at radius 1 is 1.06 bits per heavy atom. The Bertz CT molecular complexity index is 694. The molecule has 0 aliphatic heterocycles. The fraction of sp³-hybridized carbons (Fsp3) is 0. The number of thiophene rings is 1. The number of halogens is 2. The summed E-state index contributed by atoms with van der Waals surface area (Å²) in [5, 5.41) is 1.85. The quantitative estimate of drug-likeness (QED) is 0.657. The van der Waals surface area contributed by atoms with Crippen LogP contribution in [0.4, 0.5) is 8.78 Å². The smallest absolute Gasteiger partial charge is 0.132 e. The minimum absolute atomic E-state index is 0.167. The van der Waals surface area contributed by atoms with Gasteiger partial charge in [-0.3, -0.25) is 0 Å². The van der Waals surface area contributed by atoms with Crippen LogP contribution in [0.15, 0.2) is 36.0 Å². The van der Waals surface area contributed by atoms with Gasteiger partial charge in [0.05, 0.1) is 15.9 Å². The molecule has 0 atom stereocenters. The summed E-state index contributed by atoms with van der Waals surface area (Å²) in [6.45, 7) is 0. The van der Waals surface area contributed by atoms with E-state index in [1.807, 2.05) is 11.4 Å². The maximum absolute atomic E-state index is 13.7. The zero-order valence-electron chi connectivity index (χ0n) is 8.52. The Morgan fingerprint density at radius 2 is 1.94 bits per heavy atom. The van der Waals surface area contributed by atoms with Crippen LogP contribution in [-0.4, -0.2) is 9.97 Å². The second-order valence-electron chi connectivity index (χ2n) is 3.48. The Balaban J connectivity index is 2.34. The van der Waals surface area contributed by atoms with Gasteiger partial charge in [-0.25, -0.2) is 18.7 Å². The van der Waals surface area contributed by atoms with Gasteiger partial charge in [-0.05, 0) is 29.6 Å². The molecule has 0 spiro atoms. The molecule has 3 aromatic rings. The summed E-state index contributed by atoms with van der Waals surface area (Å²) in [6, 6.07) is 5.16. The van der Waals surface area contributed by atoms with Gasteiger partial charge in [0.2, 0.25) is 0 Å². The summed E-state index contributed by atoms with van der Waals surface area (Å²) in [6.07, 6.45) is 1.36. The Kier molecular flexibility index (Phi) is 2.33. The number of benzene rings is 1. The third kappa shape index (κ3) is 1.68. The fourth-order valence-electron chi connectivity index (χ4n) is 1.66. The first-order valence-corrected chi connectivity index (χ1v) is 5.77.